The van der Waals surface area contributed by atoms with Gasteiger partial charge in [0.1, 0.15) is 6.61 Å². The van der Waals surface area contributed by atoms with Crippen molar-refractivity contribution in [1.82, 2.24) is 0 Å². The maximum atomic E-state index is 12.8. The molecule has 0 fully saturated rings. The summed E-state index contributed by atoms with van der Waals surface area (Å²) in [5, 5.41) is 0. The number of carbonyl (C=O) groups is 1. The Morgan fingerprint density at radius 1 is 1.14 bits per heavy atom. The molecule has 0 unspecified atom stereocenters. The number of benzene rings is 1. The first-order valence-corrected chi connectivity index (χ1v) is 10.2. The second-order valence-corrected chi connectivity index (χ2v) is 11.6. The van der Waals surface area contributed by atoms with Gasteiger partial charge in [0, 0.05) is 0 Å². The van der Waals surface area contributed by atoms with Gasteiger partial charge < -0.3 is 10.5 Å². The van der Waals surface area contributed by atoms with E-state index in [0.29, 0.717) is 24.2 Å². The van der Waals surface area contributed by atoms with Gasteiger partial charge in [-0.25, -0.2) is 0 Å². The number of rotatable bonds is 8. The Kier molecular flexibility index (Phi) is 7.12. The highest BCUT2D eigenvalue weighted by Gasteiger charge is 2.48. The molecule has 0 aliphatic rings. The SMILES string of the molecule is CC(C)[Si](CCCN)(C(=O)OCc1ccccc1)C(C)C. The average Bonchev–Trinajstić information content (AvgIpc) is 2.46. The molecule has 21 heavy (non-hydrogen) atoms. The Morgan fingerprint density at radius 2 is 1.71 bits per heavy atom. The third kappa shape index (κ3) is 4.42. The van der Waals surface area contributed by atoms with Crippen LogP contribution in [0.15, 0.2) is 30.3 Å². The van der Waals surface area contributed by atoms with Gasteiger partial charge in [0.15, 0.2) is 8.07 Å². The molecule has 0 aliphatic heterocycles. The first kappa shape index (κ1) is 17.9. The Hall–Kier alpha value is -1.13. The molecule has 0 radical (unpaired) electrons. The lowest BCUT2D eigenvalue weighted by Crippen LogP contribution is -2.50. The number of hydrogen-bond donors (Lipinski definition) is 1. The molecule has 0 saturated carbocycles. The normalized spacial score (nSPS) is 12.0. The molecule has 0 amide bonds. The molecule has 3 nitrogen and oxygen atoms in total. The zero-order chi connectivity index (χ0) is 15.9. The second-order valence-electron chi connectivity index (χ2n) is 6.30. The van der Waals surface area contributed by atoms with Crippen LogP contribution in [0, 0.1) is 0 Å². The van der Waals surface area contributed by atoms with E-state index in [4.69, 9.17) is 10.5 Å². The molecule has 2 N–H and O–H groups in total. The van der Waals surface area contributed by atoms with E-state index >= 15 is 0 Å². The molecule has 1 aromatic rings. The first-order valence-electron chi connectivity index (χ1n) is 7.86. The maximum Gasteiger partial charge on any atom is 0.272 e. The average molecular weight is 308 g/mol. The lowest BCUT2D eigenvalue weighted by molar-refractivity contribution is 0.162. The number of carbonyl (C=O) groups excluding carboxylic acids is 1. The van der Waals surface area contributed by atoms with Crippen LogP contribution in [-0.2, 0) is 11.3 Å². The summed E-state index contributed by atoms with van der Waals surface area (Å²) in [6.07, 6.45) is 0.906. The molecule has 118 valence electrons. The fourth-order valence-corrected chi connectivity index (χ4v) is 7.83. The lowest BCUT2D eigenvalue weighted by atomic mass is 10.2. The predicted molar refractivity (Wildman–Crippen MR) is 91.1 cm³/mol. The van der Waals surface area contributed by atoms with E-state index < -0.39 is 8.07 Å². The molecule has 1 aromatic carbocycles. The minimum absolute atomic E-state index is 0.0461. The van der Waals surface area contributed by atoms with Gasteiger partial charge in [0.2, 0.25) is 0 Å². The monoisotopic (exact) mass is 307 g/mol. The fourth-order valence-electron chi connectivity index (χ4n) is 3.07. The summed E-state index contributed by atoms with van der Waals surface area (Å²) >= 11 is 0. The topological polar surface area (TPSA) is 52.3 Å². The summed E-state index contributed by atoms with van der Waals surface area (Å²) < 4.78 is 5.70. The molecule has 0 spiro atoms. The van der Waals surface area contributed by atoms with Crippen LogP contribution < -0.4 is 5.73 Å². The minimum atomic E-state index is -2.17. The highest BCUT2D eigenvalue weighted by atomic mass is 28.3. The summed E-state index contributed by atoms with van der Waals surface area (Å²) in [4.78, 5) is 12.8. The second kappa shape index (κ2) is 8.34. The van der Waals surface area contributed by atoms with Crippen LogP contribution in [0.5, 0.6) is 0 Å². The molecular weight excluding hydrogens is 278 g/mol. The summed E-state index contributed by atoms with van der Waals surface area (Å²) in [5.41, 5.74) is 7.49. The van der Waals surface area contributed by atoms with Crippen LogP contribution in [0.25, 0.3) is 0 Å². The fraction of sp³-hybridized carbons (Fsp3) is 0.588. The highest BCUT2D eigenvalue weighted by Crippen LogP contribution is 2.38. The van der Waals surface area contributed by atoms with Gasteiger partial charge in [-0.1, -0.05) is 58.0 Å². The predicted octanol–water partition coefficient (Wildman–Crippen LogP) is 4.52. The summed E-state index contributed by atoms with van der Waals surface area (Å²) in [6, 6.07) is 10.8. The molecule has 0 atom stereocenters. The van der Waals surface area contributed by atoms with Crippen LogP contribution in [0.1, 0.15) is 39.7 Å². The Morgan fingerprint density at radius 3 is 2.19 bits per heavy atom. The van der Waals surface area contributed by atoms with Crippen molar-refractivity contribution in [2.24, 2.45) is 5.73 Å². The van der Waals surface area contributed by atoms with Crippen molar-refractivity contribution in [2.75, 3.05) is 6.54 Å². The van der Waals surface area contributed by atoms with Gasteiger partial charge in [-0.3, -0.25) is 4.79 Å². The van der Waals surface area contributed by atoms with Crippen LogP contribution in [-0.4, -0.2) is 20.2 Å². The highest BCUT2D eigenvalue weighted by molar-refractivity contribution is 7.06. The van der Waals surface area contributed by atoms with Gasteiger partial charge in [0.05, 0.1) is 0 Å². The van der Waals surface area contributed by atoms with Crippen molar-refractivity contribution in [3.63, 3.8) is 0 Å². The van der Waals surface area contributed by atoms with Crippen molar-refractivity contribution < 1.29 is 9.53 Å². The minimum Gasteiger partial charge on any atom is -0.465 e. The van der Waals surface area contributed by atoms with Gasteiger partial charge in [-0.05, 0) is 35.7 Å². The van der Waals surface area contributed by atoms with E-state index in [1.54, 1.807) is 0 Å². The molecule has 0 heterocycles. The van der Waals surface area contributed by atoms with E-state index in [1.165, 1.54) is 0 Å². The van der Waals surface area contributed by atoms with Gasteiger partial charge in [-0.15, -0.1) is 0 Å². The smallest absolute Gasteiger partial charge is 0.272 e. The molecular formula is C17H29NO2Si. The largest absolute Gasteiger partial charge is 0.465 e. The third-order valence-electron chi connectivity index (χ3n) is 4.45. The van der Waals surface area contributed by atoms with Gasteiger partial charge in [0.25, 0.3) is 5.59 Å². The van der Waals surface area contributed by atoms with Crippen LogP contribution in [0.3, 0.4) is 0 Å². The van der Waals surface area contributed by atoms with Crippen LogP contribution in [0.4, 0.5) is 4.79 Å². The zero-order valence-corrected chi connectivity index (χ0v) is 14.8. The van der Waals surface area contributed by atoms with Crippen LogP contribution in [0.2, 0.25) is 17.1 Å². The van der Waals surface area contributed by atoms with Gasteiger partial charge in [-0.2, -0.15) is 0 Å². The van der Waals surface area contributed by atoms with Crippen molar-refractivity contribution in [1.29, 1.82) is 0 Å². The van der Waals surface area contributed by atoms with E-state index in [2.05, 4.69) is 27.7 Å². The van der Waals surface area contributed by atoms with E-state index in [-0.39, 0.29) is 5.59 Å². The molecule has 4 heteroatoms. The molecule has 0 saturated heterocycles. The maximum absolute atomic E-state index is 12.8. The van der Waals surface area contributed by atoms with Crippen molar-refractivity contribution in [3.8, 4) is 0 Å². The Labute approximate surface area is 129 Å². The number of ether oxygens (including phenoxy) is 1. The molecule has 0 aromatic heterocycles. The van der Waals surface area contributed by atoms with E-state index in [1.807, 2.05) is 30.3 Å². The molecule has 1 rings (SSSR count). The number of hydrogen-bond acceptors (Lipinski definition) is 3. The van der Waals surface area contributed by atoms with E-state index in [9.17, 15) is 4.79 Å². The first-order chi connectivity index (χ1) is 9.95. The molecule has 0 bridgehead atoms. The van der Waals surface area contributed by atoms with Gasteiger partial charge >= 0.3 is 0 Å². The Bertz CT molecular complexity index is 424. The standard InChI is InChI=1S/C17H29NO2Si/c1-14(2)21(15(3)4,12-8-11-18)17(19)20-13-16-9-6-5-7-10-16/h5-7,9-10,14-15H,8,11-13,18H2,1-4H3. The quantitative estimate of drug-likeness (QED) is 0.718. The van der Waals surface area contributed by atoms with Crippen molar-refractivity contribution in [3.05, 3.63) is 35.9 Å². The lowest BCUT2D eigenvalue weighted by Gasteiger charge is -2.36. The zero-order valence-electron chi connectivity index (χ0n) is 13.8. The Balaban J connectivity index is 2.84. The summed E-state index contributed by atoms with van der Waals surface area (Å²) in [6.45, 7) is 9.65. The van der Waals surface area contributed by atoms with E-state index in [0.717, 1.165) is 18.0 Å². The number of nitrogens with two attached hydrogens (primary N) is 1. The summed E-state index contributed by atoms with van der Waals surface area (Å²) in [7, 11) is -2.17. The third-order valence-corrected chi connectivity index (χ3v) is 10.7. The molecule has 0 aliphatic carbocycles. The van der Waals surface area contributed by atoms with Crippen molar-refractivity contribution >= 4 is 13.7 Å². The van der Waals surface area contributed by atoms with Crippen molar-refractivity contribution in [2.45, 2.75) is 57.8 Å². The summed E-state index contributed by atoms with van der Waals surface area (Å²) in [5.74, 6) is 0. The van der Waals surface area contributed by atoms with Crippen LogP contribution >= 0.6 is 0 Å².